The van der Waals surface area contributed by atoms with Crippen molar-refractivity contribution in [3.8, 4) is 0 Å². The molecule has 0 saturated heterocycles. The minimum atomic E-state index is -0.102. The quantitative estimate of drug-likeness (QED) is 0.748. The van der Waals surface area contributed by atoms with E-state index in [-0.39, 0.29) is 18.3 Å². The molecule has 0 aliphatic carbocycles. The highest BCUT2D eigenvalue weighted by molar-refractivity contribution is 5.78. The van der Waals surface area contributed by atoms with Crippen LogP contribution in [-0.2, 0) is 18.3 Å². The Bertz CT molecular complexity index is 307. The minimum absolute atomic E-state index is 0.0527. The van der Waals surface area contributed by atoms with Gasteiger partial charge in [0.25, 0.3) is 0 Å². The second kappa shape index (κ2) is 4.91. The molecule has 0 spiro atoms. The number of ketones is 1. The molecule has 1 unspecified atom stereocenters. The van der Waals surface area contributed by atoms with E-state index in [0.29, 0.717) is 12.8 Å². The first-order valence-electron chi connectivity index (χ1n) is 4.73. The number of carbonyl (C=O) groups excluding carboxylic acids is 1. The van der Waals surface area contributed by atoms with Crippen LogP contribution >= 0.6 is 0 Å². The standard InChI is InChI=1S/C10H16N2O2/c1-8(14)9(4-6-13)7-10-3-5-12(2)11-10/h3,5,9,13H,4,6-7H2,1-2H3. The average Bonchev–Trinajstić information content (AvgIpc) is 2.50. The van der Waals surface area contributed by atoms with Crippen molar-refractivity contribution in [3.05, 3.63) is 18.0 Å². The summed E-state index contributed by atoms with van der Waals surface area (Å²) in [7, 11) is 1.85. The Hall–Kier alpha value is -1.16. The van der Waals surface area contributed by atoms with Crippen molar-refractivity contribution in [2.24, 2.45) is 13.0 Å². The number of hydrogen-bond donors (Lipinski definition) is 1. The van der Waals surface area contributed by atoms with Crippen LogP contribution in [-0.4, -0.2) is 27.3 Å². The molecule has 0 aliphatic rings. The molecular weight excluding hydrogens is 180 g/mol. The lowest BCUT2D eigenvalue weighted by Crippen LogP contribution is -2.16. The Morgan fingerprint density at radius 1 is 1.71 bits per heavy atom. The van der Waals surface area contributed by atoms with Crippen molar-refractivity contribution in [2.45, 2.75) is 19.8 Å². The Labute approximate surface area is 83.5 Å². The van der Waals surface area contributed by atoms with Gasteiger partial charge in [-0.2, -0.15) is 5.10 Å². The lowest BCUT2D eigenvalue weighted by molar-refractivity contribution is -0.121. The maximum Gasteiger partial charge on any atom is 0.133 e. The summed E-state index contributed by atoms with van der Waals surface area (Å²) in [6, 6.07) is 1.90. The van der Waals surface area contributed by atoms with Gasteiger partial charge in [0.2, 0.25) is 0 Å². The van der Waals surface area contributed by atoms with Gasteiger partial charge >= 0.3 is 0 Å². The van der Waals surface area contributed by atoms with Gasteiger partial charge in [0.05, 0.1) is 5.69 Å². The van der Waals surface area contributed by atoms with Gasteiger partial charge in [0, 0.05) is 32.2 Å². The molecule has 14 heavy (non-hydrogen) atoms. The molecule has 0 saturated carbocycles. The number of aryl methyl sites for hydroxylation is 1. The molecule has 4 nitrogen and oxygen atoms in total. The summed E-state index contributed by atoms with van der Waals surface area (Å²) in [5, 5.41) is 13.0. The van der Waals surface area contributed by atoms with Crippen LogP contribution in [0.15, 0.2) is 12.3 Å². The second-order valence-corrected chi connectivity index (χ2v) is 3.50. The zero-order valence-electron chi connectivity index (χ0n) is 8.60. The summed E-state index contributed by atoms with van der Waals surface area (Å²) < 4.78 is 1.71. The number of rotatable bonds is 5. The number of aliphatic hydroxyl groups excluding tert-OH is 1. The predicted molar refractivity (Wildman–Crippen MR) is 52.8 cm³/mol. The first kappa shape index (κ1) is 10.9. The van der Waals surface area contributed by atoms with Crippen molar-refractivity contribution in [2.75, 3.05) is 6.61 Å². The highest BCUT2D eigenvalue weighted by Gasteiger charge is 2.15. The largest absolute Gasteiger partial charge is 0.396 e. The molecule has 78 valence electrons. The Morgan fingerprint density at radius 3 is 2.86 bits per heavy atom. The summed E-state index contributed by atoms with van der Waals surface area (Å²) in [5.41, 5.74) is 0.904. The lowest BCUT2D eigenvalue weighted by Gasteiger charge is -2.09. The van der Waals surface area contributed by atoms with Crippen LogP contribution in [0.2, 0.25) is 0 Å². The first-order valence-corrected chi connectivity index (χ1v) is 4.73. The molecule has 0 fully saturated rings. The van der Waals surface area contributed by atoms with Gasteiger partial charge < -0.3 is 5.11 Å². The molecule has 0 aromatic carbocycles. The van der Waals surface area contributed by atoms with Crippen LogP contribution < -0.4 is 0 Å². The third-order valence-electron chi connectivity index (χ3n) is 2.28. The number of nitrogens with zero attached hydrogens (tertiary/aromatic N) is 2. The van der Waals surface area contributed by atoms with Crippen LogP contribution in [0.4, 0.5) is 0 Å². The van der Waals surface area contributed by atoms with E-state index in [1.165, 1.54) is 0 Å². The Morgan fingerprint density at radius 2 is 2.43 bits per heavy atom. The zero-order chi connectivity index (χ0) is 10.6. The maximum atomic E-state index is 11.2. The van der Waals surface area contributed by atoms with Crippen molar-refractivity contribution in [1.82, 2.24) is 9.78 Å². The van der Waals surface area contributed by atoms with E-state index in [0.717, 1.165) is 5.69 Å². The summed E-state index contributed by atoms with van der Waals surface area (Å²) in [4.78, 5) is 11.2. The molecule has 0 aliphatic heterocycles. The van der Waals surface area contributed by atoms with Crippen LogP contribution in [0.25, 0.3) is 0 Å². The van der Waals surface area contributed by atoms with Crippen LogP contribution in [0.3, 0.4) is 0 Å². The van der Waals surface area contributed by atoms with Gasteiger partial charge in [0.1, 0.15) is 5.78 Å². The molecule has 0 radical (unpaired) electrons. The van der Waals surface area contributed by atoms with Gasteiger partial charge in [0.15, 0.2) is 0 Å². The smallest absolute Gasteiger partial charge is 0.133 e. The van der Waals surface area contributed by atoms with Crippen LogP contribution in [0.1, 0.15) is 19.0 Å². The third kappa shape index (κ3) is 2.96. The molecule has 1 N–H and O–H groups in total. The van der Waals surface area contributed by atoms with E-state index in [2.05, 4.69) is 5.10 Å². The minimum Gasteiger partial charge on any atom is -0.396 e. The van der Waals surface area contributed by atoms with E-state index in [1.807, 2.05) is 19.3 Å². The summed E-state index contributed by atoms with van der Waals surface area (Å²) in [5.74, 6) is 0.0135. The molecule has 1 aromatic heterocycles. The number of aliphatic hydroxyl groups is 1. The fourth-order valence-electron chi connectivity index (χ4n) is 1.43. The van der Waals surface area contributed by atoms with Crippen molar-refractivity contribution >= 4 is 5.78 Å². The fraction of sp³-hybridized carbons (Fsp3) is 0.600. The maximum absolute atomic E-state index is 11.2. The molecular formula is C10H16N2O2. The predicted octanol–water partition coefficient (Wildman–Crippen LogP) is 0.550. The zero-order valence-corrected chi connectivity index (χ0v) is 8.60. The second-order valence-electron chi connectivity index (χ2n) is 3.50. The summed E-state index contributed by atoms with van der Waals surface area (Å²) in [6.07, 6.45) is 2.99. The number of hydrogen-bond acceptors (Lipinski definition) is 3. The number of carbonyl (C=O) groups is 1. The molecule has 1 heterocycles. The molecule has 0 bridgehead atoms. The van der Waals surface area contributed by atoms with Gasteiger partial charge in [-0.15, -0.1) is 0 Å². The SMILES string of the molecule is CC(=O)C(CCO)Cc1ccn(C)n1. The lowest BCUT2D eigenvalue weighted by atomic mass is 9.96. The monoisotopic (exact) mass is 196 g/mol. The summed E-state index contributed by atoms with van der Waals surface area (Å²) in [6.45, 7) is 1.61. The Balaban J connectivity index is 2.59. The van der Waals surface area contributed by atoms with Gasteiger partial charge in [-0.3, -0.25) is 9.48 Å². The molecule has 1 aromatic rings. The van der Waals surface area contributed by atoms with Crippen molar-refractivity contribution < 1.29 is 9.90 Å². The first-order chi connectivity index (χ1) is 6.63. The van der Waals surface area contributed by atoms with E-state index >= 15 is 0 Å². The fourth-order valence-corrected chi connectivity index (χ4v) is 1.43. The molecule has 1 rings (SSSR count). The molecule has 1 atom stereocenters. The third-order valence-corrected chi connectivity index (χ3v) is 2.28. The van der Waals surface area contributed by atoms with Crippen LogP contribution in [0, 0.1) is 5.92 Å². The molecule has 4 heteroatoms. The van der Waals surface area contributed by atoms with E-state index in [4.69, 9.17) is 5.11 Å². The summed E-state index contributed by atoms with van der Waals surface area (Å²) >= 11 is 0. The van der Waals surface area contributed by atoms with Crippen molar-refractivity contribution in [1.29, 1.82) is 0 Å². The van der Waals surface area contributed by atoms with E-state index in [1.54, 1.807) is 11.6 Å². The van der Waals surface area contributed by atoms with E-state index < -0.39 is 0 Å². The number of aromatic nitrogens is 2. The van der Waals surface area contributed by atoms with Crippen LogP contribution in [0.5, 0.6) is 0 Å². The Kier molecular flexibility index (Phi) is 3.83. The normalized spacial score (nSPS) is 12.8. The topological polar surface area (TPSA) is 55.1 Å². The van der Waals surface area contributed by atoms with Gasteiger partial charge in [-0.05, 0) is 19.4 Å². The highest BCUT2D eigenvalue weighted by Crippen LogP contribution is 2.11. The van der Waals surface area contributed by atoms with Gasteiger partial charge in [-0.25, -0.2) is 0 Å². The number of Topliss-reactive ketones (excluding diaryl/α,β-unsaturated/α-hetero) is 1. The molecule has 0 amide bonds. The highest BCUT2D eigenvalue weighted by atomic mass is 16.3. The van der Waals surface area contributed by atoms with E-state index in [9.17, 15) is 4.79 Å². The van der Waals surface area contributed by atoms with Gasteiger partial charge in [-0.1, -0.05) is 0 Å². The van der Waals surface area contributed by atoms with Crippen molar-refractivity contribution in [3.63, 3.8) is 0 Å². The average molecular weight is 196 g/mol.